The van der Waals surface area contributed by atoms with Gasteiger partial charge in [0, 0.05) is 43.3 Å². The van der Waals surface area contributed by atoms with Crippen molar-refractivity contribution >= 4 is 82.0 Å². The Labute approximate surface area is 290 Å². The van der Waals surface area contributed by atoms with Gasteiger partial charge in [-0.25, -0.2) is 9.97 Å². The number of fused-ring (bicyclic) bond motifs is 13. The summed E-state index contributed by atoms with van der Waals surface area (Å²) in [7, 11) is 0. The van der Waals surface area contributed by atoms with Crippen molar-refractivity contribution < 1.29 is 4.42 Å². The molecule has 0 saturated heterocycles. The summed E-state index contributed by atoms with van der Waals surface area (Å²) in [6, 6.07) is 55.8. The Balaban J connectivity index is 1.28. The molecule has 5 aromatic heterocycles. The highest BCUT2D eigenvalue weighted by atomic mass is 16.3. The van der Waals surface area contributed by atoms with Crippen molar-refractivity contribution in [3.05, 3.63) is 158 Å². The molecule has 12 rings (SSSR count). The number of hydrogen-bond acceptors (Lipinski definition) is 3. The lowest BCUT2D eigenvalue weighted by Crippen LogP contribution is -2.03. The van der Waals surface area contributed by atoms with Crippen LogP contribution in [-0.2, 0) is 0 Å². The lowest BCUT2D eigenvalue weighted by atomic mass is 10.00. The van der Waals surface area contributed by atoms with Gasteiger partial charge in [-0.05, 0) is 53.6 Å². The molecule has 0 aliphatic heterocycles. The summed E-state index contributed by atoms with van der Waals surface area (Å²) in [5.41, 5.74) is 12.2. The molecule has 0 radical (unpaired) electrons. The van der Waals surface area contributed by atoms with Crippen LogP contribution in [0.4, 0.5) is 0 Å². The third-order valence-electron chi connectivity index (χ3n) is 10.7. The van der Waals surface area contributed by atoms with Gasteiger partial charge < -0.3 is 8.82 Å². The number of benzene rings is 7. The number of furan rings is 1. The molecule has 0 unspecified atom stereocenters. The molecule has 7 aromatic carbocycles. The standard InChI is InChI=1S/C46H26N4O/c1-3-13-27(14-4-1)29-23-24-38-33(25-29)35-26-34-30-17-7-10-20-36(30)50(44(34)40-31-18-8-11-21-37(31)49(38)43(35)40)46-47-41(28-15-5-2-6-16-28)45-42(48-46)32-19-9-12-22-39(32)51-45/h1-26H. The number of hydrogen-bond donors (Lipinski definition) is 0. The first-order chi connectivity index (χ1) is 25.3. The molecular weight excluding hydrogens is 625 g/mol. The van der Waals surface area contributed by atoms with Crippen LogP contribution in [0.2, 0.25) is 0 Å². The second kappa shape index (κ2) is 9.80. The van der Waals surface area contributed by atoms with Gasteiger partial charge in [-0.15, -0.1) is 0 Å². The molecule has 5 heterocycles. The Hall–Kier alpha value is -6.98. The van der Waals surface area contributed by atoms with Gasteiger partial charge in [-0.2, -0.15) is 0 Å². The van der Waals surface area contributed by atoms with E-state index in [4.69, 9.17) is 14.4 Å². The fourth-order valence-electron chi connectivity index (χ4n) is 8.50. The molecule has 0 amide bonds. The maximum absolute atomic E-state index is 6.48. The van der Waals surface area contributed by atoms with Gasteiger partial charge in [0.05, 0.1) is 27.6 Å². The van der Waals surface area contributed by atoms with E-state index in [1.165, 1.54) is 54.6 Å². The molecule has 0 atom stereocenters. The first-order valence-electron chi connectivity index (χ1n) is 17.3. The minimum absolute atomic E-state index is 0.619. The first kappa shape index (κ1) is 26.9. The van der Waals surface area contributed by atoms with Crippen LogP contribution < -0.4 is 0 Å². The van der Waals surface area contributed by atoms with E-state index >= 15 is 0 Å². The highest BCUT2D eigenvalue weighted by Gasteiger charge is 2.26. The van der Waals surface area contributed by atoms with Gasteiger partial charge >= 0.3 is 0 Å². The van der Waals surface area contributed by atoms with Crippen molar-refractivity contribution in [2.45, 2.75) is 0 Å². The molecule has 51 heavy (non-hydrogen) atoms. The largest absolute Gasteiger partial charge is 0.452 e. The molecule has 0 fully saturated rings. The molecule has 0 aliphatic rings. The van der Waals surface area contributed by atoms with E-state index in [-0.39, 0.29) is 0 Å². The number of rotatable bonds is 3. The minimum atomic E-state index is 0.619. The fraction of sp³-hybridized carbons (Fsp3) is 0. The monoisotopic (exact) mass is 650 g/mol. The molecule has 0 saturated carbocycles. The summed E-state index contributed by atoms with van der Waals surface area (Å²) in [6.07, 6.45) is 0. The minimum Gasteiger partial charge on any atom is -0.452 e. The maximum atomic E-state index is 6.48. The van der Waals surface area contributed by atoms with E-state index in [0.717, 1.165) is 44.2 Å². The Morgan fingerprint density at radius 1 is 0.431 bits per heavy atom. The summed E-state index contributed by atoms with van der Waals surface area (Å²) in [4.78, 5) is 10.7. The summed E-state index contributed by atoms with van der Waals surface area (Å²) in [5, 5.41) is 8.21. The van der Waals surface area contributed by atoms with Crippen LogP contribution in [-0.4, -0.2) is 18.9 Å². The molecule has 5 nitrogen and oxygen atoms in total. The van der Waals surface area contributed by atoms with Gasteiger partial charge in [0.2, 0.25) is 5.95 Å². The van der Waals surface area contributed by atoms with Gasteiger partial charge in [0.25, 0.3) is 0 Å². The van der Waals surface area contributed by atoms with E-state index in [1.807, 2.05) is 36.4 Å². The summed E-state index contributed by atoms with van der Waals surface area (Å²) >= 11 is 0. The molecule has 0 N–H and O–H groups in total. The van der Waals surface area contributed by atoms with Gasteiger partial charge in [0.15, 0.2) is 5.58 Å². The van der Waals surface area contributed by atoms with Crippen molar-refractivity contribution in [1.82, 2.24) is 18.9 Å². The van der Waals surface area contributed by atoms with Crippen LogP contribution in [0.15, 0.2) is 162 Å². The average molecular weight is 651 g/mol. The van der Waals surface area contributed by atoms with Crippen LogP contribution >= 0.6 is 0 Å². The smallest absolute Gasteiger partial charge is 0.236 e. The zero-order chi connectivity index (χ0) is 33.2. The van der Waals surface area contributed by atoms with E-state index < -0.39 is 0 Å². The first-order valence-corrected chi connectivity index (χ1v) is 17.3. The highest BCUT2D eigenvalue weighted by Crippen LogP contribution is 2.47. The van der Waals surface area contributed by atoms with Gasteiger partial charge in [0.1, 0.15) is 16.8 Å². The second-order valence-corrected chi connectivity index (χ2v) is 13.4. The molecule has 236 valence electrons. The quantitative estimate of drug-likeness (QED) is 0.191. The Morgan fingerprint density at radius 2 is 1.08 bits per heavy atom. The van der Waals surface area contributed by atoms with Crippen molar-refractivity contribution in [3.63, 3.8) is 0 Å². The van der Waals surface area contributed by atoms with Crippen molar-refractivity contribution in [3.8, 4) is 28.3 Å². The van der Waals surface area contributed by atoms with E-state index in [0.29, 0.717) is 11.5 Å². The van der Waals surface area contributed by atoms with Crippen LogP contribution in [0.25, 0.3) is 110 Å². The van der Waals surface area contributed by atoms with Crippen LogP contribution in [0.3, 0.4) is 0 Å². The van der Waals surface area contributed by atoms with Crippen molar-refractivity contribution in [1.29, 1.82) is 0 Å². The molecule has 0 bridgehead atoms. The van der Waals surface area contributed by atoms with Crippen LogP contribution in [0.1, 0.15) is 0 Å². The van der Waals surface area contributed by atoms with Crippen LogP contribution in [0.5, 0.6) is 0 Å². The van der Waals surface area contributed by atoms with Gasteiger partial charge in [-0.1, -0.05) is 115 Å². The SMILES string of the molecule is c1ccc(-c2ccc3c(c2)c2cc4c5ccccc5n(-c5nc(-c6ccccc6)c6oc7ccccc7c6n5)c4c4c5ccccc5n3c24)cc1. The maximum Gasteiger partial charge on any atom is 0.236 e. The Bertz CT molecular complexity index is 3350. The van der Waals surface area contributed by atoms with Crippen molar-refractivity contribution in [2.75, 3.05) is 0 Å². The molecule has 12 aromatic rings. The Kier molecular flexibility index (Phi) is 5.17. The molecule has 5 heteroatoms. The van der Waals surface area contributed by atoms with Gasteiger partial charge in [-0.3, -0.25) is 4.57 Å². The average Bonchev–Trinajstić information content (AvgIpc) is 3.93. The van der Waals surface area contributed by atoms with E-state index in [1.54, 1.807) is 0 Å². The third kappa shape index (κ3) is 3.54. The highest BCUT2D eigenvalue weighted by molar-refractivity contribution is 6.34. The number of para-hydroxylation sites is 3. The topological polar surface area (TPSA) is 48.3 Å². The fourth-order valence-corrected chi connectivity index (χ4v) is 8.50. The summed E-state index contributed by atoms with van der Waals surface area (Å²) in [6.45, 7) is 0. The lowest BCUT2D eigenvalue weighted by Gasteiger charge is -2.10. The van der Waals surface area contributed by atoms with E-state index in [2.05, 4.69) is 130 Å². The predicted molar refractivity (Wildman–Crippen MR) is 209 cm³/mol. The zero-order valence-corrected chi connectivity index (χ0v) is 27.2. The molecule has 0 spiro atoms. The third-order valence-corrected chi connectivity index (χ3v) is 10.7. The lowest BCUT2D eigenvalue weighted by molar-refractivity contribution is 0.666. The number of nitrogens with zero attached hydrogens (tertiary/aromatic N) is 4. The zero-order valence-electron chi connectivity index (χ0n) is 27.2. The van der Waals surface area contributed by atoms with E-state index in [9.17, 15) is 0 Å². The summed E-state index contributed by atoms with van der Waals surface area (Å²) in [5.74, 6) is 0.619. The second-order valence-electron chi connectivity index (χ2n) is 13.4. The molecule has 0 aliphatic carbocycles. The van der Waals surface area contributed by atoms with Crippen LogP contribution in [0, 0.1) is 0 Å². The normalized spacial score (nSPS) is 12.3. The Morgan fingerprint density at radius 3 is 1.90 bits per heavy atom. The molecular formula is C46H26N4O. The summed E-state index contributed by atoms with van der Waals surface area (Å²) < 4.78 is 11.2. The van der Waals surface area contributed by atoms with Crippen molar-refractivity contribution in [2.24, 2.45) is 0 Å². The number of aromatic nitrogens is 4. The predicted octanol–water partition coefficient (Wildman–Crippen LogP) is 12.0.